The van der Waals surface area contributed by atoms with Crippen LogP contribution < -0.4 is 0 Å². The van der Waals surface area contributed by atoms with Crippen LogP contribution in [0.3, 0.4) is 0 Å². The van der Waals surface area contributed by atoms with Gasteiger partial charge in [-0.2, -0.15) is 26.3 Å². The van der Waals surface area contributed by atoms with E-state index < -0.39 is 35.5 Å². The van der Waals surface area contributed by atoms with Gasteiger partial charge < -0.3 is 0 Å². The predicted molar refractivity (Wildman–Crippen MR) is 42.1 cm³/mol. The average molecular weight is 234 g/mol. The van der Waals surface area contributed by atoms with Gasteiger partial charge in [0.15, 0.2) is 0 Å². The summed E-state index contributed by atoms with van der Waals surface area (Å²) in [6, 6.07) is 0. The second-order valence-corrected chi connectivity index (χ2v) is 4.79. The van der Waals surface area contributed by atoms with Crippen molar-refractivity contribution in [1.82, 2.24) is 0 Å². The Hall–Kier alpha value is -0.420. The molecule has 0 N–H and O–H groups in total. The number of hydrogen-bond donors (Lipinski definition) is 0. The summed E-state index contributed by atoms with van der Waals surface area (Å²) >= 11 is 0. The molecule has 2 atom stereocenters. The molecule has 1 aliphatic carbocycles. The highest BCUT2D eigenvalue weighted by Gasteiger charge is 2.80. The molecule has 2 unspecified atom stereocenters. The van der Waals surface area contributed by atoms with Gasteiger partial charge in [-0.25, -0.2) is 0 Å². The Kier molecular flexibility index (Phi) is 2.38. The highest BCUT2D eigenvalue weighted by molar-refractivity contribution is 5.16. The molecular formula is C9H12F6. The summed E-state index contributed by atoms with van der Waals surface area (Å²) in [4.78, 5) is 0. The van der Waals surface area contributed by atoms with Gasteiger partial charge in [-0.3, -0.25) is 0 Å². The summed E-state index contributed by atoms with van der Waals surface area (Å²) in [7, 11) is 0. The van der Waals surface area contributed by atoms with Gasteiger partial charge in [0, 0.05) is 0 Å². The van der Waals surface area contributed by atoms with Crippen LogP contribution in [0.15, 0.2) is 0 Å². The number of alkyl halides is 6. The lowest BCUT2D eigenvalue weighted by molar-refractivity contribution is -0.270. The van der Waals surface area contributed by atoms with Crippen LogP contribution in [-0.2, 0) is 0 Å². The van der Waals surface area contributed by atoms with E-state index in [2.05, 4.69) is 0 Å². The van der Waals surface area contributed by atoms with Crippen LogP contribution in [-0.4, -0.2) is 12.4 Å². The Morgan fingerprint density at radius 2 is 1.33 bits per heavy atom. The molecule has 0 aromatic heterocycles. The third-order valence-electron chi connectivity index (χ3n) is 3.54. The van der Waals surface area contributed by atoms with Crippen molar-refractivity contribution >= 4 is 0 Å². The minimum Gasteiger partial charge on any atom is -0.171 e. The lowest BCUT2D eigenvalue weighted by atomic mass is 9.82. The molecule has 1 saturated carbocycles. The summed E-state index contributed by atoms with van der Waals surface area (Å²) < 4.78 is 75.1. The third-order valence-corrected chi connectivity index (χ3v) is 3.54. The van der Waals surface area contributed by atoms with Crippen molar-refractivity contribution in [2.24, 2.45) is 16.7 Å². The summed E-state index contributed by atoms with van der Waals surface area (Å²) in [6.07, 6.45) is -10.1. The first-order valence-electron chi connectivity index (χ1n) is 4.50. The molecule has 0 amide bonds. The van der Waals surface area contributed by atoms with Gasteiger partial charge >= 0.3 is 12.4 Å². The van der Waals surface area contributed by atoms with E-state index in [9.17, 15) is 26.3 Å². The lowest BCUT2D eigenvalue weighted by Gasteiger charge is -2.31. The topological polar surface area (TPSA) is 0 Å². The quantitative estimate of drug-likeness (QED) is 0.597. The smallest absolute Gasteiger partial charge is 0.171 e. The second-order valence-electron chi connectivity index (χ2n) is 4.79. The van der Waals surface area contributed by atoms with Crippen LogP contribution >= 0.6 is 0 Å². The average Bonchev–Trinajstić information content (AvgIpc) is 2.50. The Morgan fingerprint density at radius 1 is 1.00 bits per heavy atom. The molecule has 0 aromatic rings. The molecule has 0 heterocycles. The van der Waals surface area contributed by atoms with Crippen LogP contribution in [0.5, 0.6) is 0 Å². The SMILES string of the molecule is CC(C(F)(F)F)C1(C(F)(F)F)CC1(C)C. The first-order valence-corrected chi connectivity index (χ1v) is 4.50. The van der Waals surface area contributed by atoms with Crippen molar-refractivity contribution in [3.63, 3.8) is 0 Å². The molecule has 1 aliphatic rings. The fraction of sp³-hybridized carbons (Fsp3) is 1.00. The van der Waals surface area contributed by atoms with Gasteiger partial charge in [-0.15, -0.1) is 0 Å². The monoisotopic (exact) mass is 234 g/mol. The van der Waals surface area contributed by atoms with Gasteiger partial charge in [0.2, 0.25) is 0 Å². The fourth-order valence-corrected chi connectivity index (χ4v) is 2.40. The molecule has 0 aliphatic heterocycles. The van der Waals surface area contributed by atoms with Crippen LogP contribution in [0.2, 0.25) is 0 Å². The normalized spacial score (nSPS) is 32.6. The second kappa shape index (κ2) is 2.83. The Morgan fingerprint density at radius 3 is 1.40 bits per heavy atom. The third kappa shape index (κ3) is 1.61. The van der Waals surface area contributed by atoms with Crippen LogP contribution in [0.4, 0.5) is 26.3 Å². The van der Waals surface area contributed by atoms with Crippen molar-refractivity contribution in [1.29, 1.82) is 0 Å². The van der Waals surface area contributed by atoms with E-state index in [-0.39, 0.29) is 0 Å². The molecule has 0 saturated heterocycles. The molecule has 0 aromatic carbocycles. The minimum atomic E-state index is -4.80. The zero-order chi connectivity index (χ0) is 12.3. The van der Waals surface area contributed by atoms with Crippen LogP contribution in [0.1, 0.15) is 27.2 Å². The summed E-state index contributed by atoms with van der Waals surface area (Å²) in [5.74, 6) is -2.35. The molecule has 0 spiro atoms. The molecule has 15 heavy (non-hydrogen) atoms. The van der Waals surface area contributed by atoms with Crippen LogP contribution in [0.25, 0.3) is 0 Å². The van der Waals surface area contributed by atoms with E-state index in [4.69, 9.17) is 0 Å². The summed E-state index contributed by atoms with van der Waals surface area (Å²) in [5, 5.41) is 0. The maximum Gasteiger partial charge on any atom is 0.395 e. The zero-order valence-corrected chi connectivity index (χ0v) is 8.55. The lowest BCUT2D eigenvalue weighted by Crippen LogP contribution is -2.42. The number of rotatable bonds is 1. The van der Waals surface area contributed by atoms with Gasteiger partial charge in [-0.1, -0.05) is 20.8 Å². The molecule has 0 nitrogen and oxygen atoms in total. The van der Waals surface area contributed by atoms with Gasteiger partial charge in [0.1, 0.15) is 0 Å². The zero-order valence-electron chi connectivity index (χ0n) is 8.55. The number of hydrogen-bond acceptors (Lipinski definition) is 0. The summed E-state index contributed by atoms with van der Waals surface area (Å²) in [6.45, 7) is 3.06. The fourth-order valence-electron chi connectivity index (χ4n) is 2.40. The highest BCUT2D eigenvalue weighted by atomic mass is 19.4. The van der Waals surface area contributed by atoms with Crippen molar-refractivity contribution in [2.75, 3.05) is 0 Å². The van der Waals surface area contributed by atoms with Crippen LogP contribution in [0, 0.1) is 16.7 Å². The molecular weight excluding hydrogens is 222 g/mol. The largest absolute Gasteiger partial charge is 0.395 e. The summed E-state index contributed by atoms with van der Waals surface area (Å²) in [5.41, 5.74) is -3.92. The van der Waals surface area contributed by atoms with Crippen molar-refractivity contribution in [3.05, 3.63) is 0 Å². The van der Waals surface area contributed by atoms with Gasteiger partial charge in [0.25, 0.3) is 0 Å². The van der Waals surface area contributed by atoms with E-state index >= 15 is 0 Å². The van der Waals surface area contributed by atoms with E-state index in [1.807, 2.05) is 0 Å². The molecule has 6 heteroatoms. The first kappa shape index (κ1) is 12.6. The standard InChI is InChI=1S/C9H12F6/c1-5(8(10,11)12)7(9(13,14)15)4-6(7,2)3/h5H,4H2,1-3H3. The maximum atomic E-state index is 12.7. The predicted octanol–water partition coefficient (Wildman–Crippen LogP) is 4.16. The van der Waals surface area contributed by atoms with Crippen molar-refractivity contribution in [2.45, 2.75) is 39.5 Å². The minimum absolute atomic E-state index is 0.454. The molecule has 0 radical (unpaired) electrons. The molecule has 90 valence electrons. The molecule has 1 fully saturated rings. The highest BCUT2D eigenvalue weighted by Crippen LogP contribution is 2.76. The molecule has 0 bridgehead atoms. The Bertz CT molecular complexity index is 261. The maximum absolute atomic E-state index is 12.7. The molecule has 1 rings (SSSR count). The van der Waals surface area contributed by atoms with E-state index in [0.717, 1.165) is 0 Å². The van der Waals surface area contributed by atoms with E-state index in [1.54, 1.807) is 0 Å². The Labute approximate surface area is 83.6 Å². The van der Waals surface area contributed by atoms with Gasteiger partial charge in [0.05, 0.1) is 11.3 Å². The van der Waals surface area contributed by atoms with E-state index in [0.29, 0.717) is 6.92 Å². The van der Waals surface area contributed by atoms with Crippen molar-refractivity contribution in [3.8, 4) is 0 Å². The van der Waals surface area contributed by atoms with E-state index in [1.165, 1.54) is 13.8 Å². The Balaban J connectivity index is 3.09. The van der Waals surface area contributed by atoms with Gasteiger partial charge in [-0.05, 0) is 11.8 Å². The van der Waals surface area contributed by atoms with Crippen molar-refractivity contribution < 1.29 is 26.3 Å². The first-order chi connectivity index (χ1) is 6.36. The number of halogens is 6.